The summed E-state index contributed by atoms with van der Waals surface area (Å²) in [5.41, 5.74) is 1.93. The minimum atomic E-state index is -0.309. The molecule has 1 fully saturated rings. The van der Waals surface area contributed by atoms with Crippen molar-refractivity contribution in [2.75, 3.05) is 27.4 Å². The Morgan fingerprint density at radius 1 is 1.29 bits per heavy atom. The summed E-state index contributed by atoms with van der Waals surface area (Å²) in [5.74, 6) is 1.48. The first kappa shape index (κ1) is 21.2. The van der Waals surface area contributed by atoms with Crippen molar-refractivity contribution in [3.8, 4) is 34.8 Å². The lowest BCUT2D eigenvalue weighted by Gasteiger charge is -2.32. The normalized spacial score (nSPS) is 16.8. The van der Waals surface area contributed by atoms with Crippen LogP contribution in [0.2, 0.25) is 0 Å². The topological polar surface area (TPSA) is 95.6 Å². The minimum Gasteiger partial charge on any atom is -0.488 e. The standard InChI is InChI=1S/C23H27N3O5/c1-13(2)21-16-10-14(12-24)23(27)26(15-6-7-15)20(16)19-17(31-21)11-18(22(25-19)29-4)30-9-5-8-28-3/h10-11,13,15,21H,5-9H2,1-4H3. The molecular formula is C23H27N3O5. The molecule has 0 bridgehead atoms. The van der Waals surface area contributed by atoms with Gasteiger partial charge in [0.2, 0.25) is 0 Å². The van der Waals surface area contributed by atoms with Crippen LogP contribution in [0, 0.1) is 17.2 Å². The molecule has 2 aliphatic rings. The Hall–Kier alpha value is -3.05. The number of aromatic nitrogens is 2. The van der Waals surface area contributed by atoms with Crippen LogP contribution >= 0.6 is 0 Å². The van der Waals surface area contributed by atoms with Gasteiger partial charge in [0.1, 0.15) is 23.4 Å². The molecule has 0 amide bonds. The first-order chi connectivity index (χ1) is 15.0. The van der Waals surface area contributed by atoms with Gasteiger partial charge in [-0.3, -0.25) is 4.79 Å². The molecule has 1 aliphatic heterocycles. The monoisotopic (exact) mass is 425 g/mol. The molecular weight excluding hydrogens is 398 g/mol. The van der Waals surface area contributed by atoms with Crippen LogP contribution in [0.1, 0.15) is 56.4 Å². The number of nitriles is 1. The SMILES string of the molecule is COCCCOc1cc2c(nc1OC)-c1c(cc(C#N)c(=O)n1C1CC1)C(C(C)C)O2. The number of nitrogens with zero attached hydrogens (tertiary/aromatic N) is 3. The summed E-state index contributed by atoms with van der Waals surface area (Å²) >= 11 is 0. The van der Waals surface area contributed by atoms with Crippen LogP contribution in [0.3, 0.4) is 0 Å². The Kier molecular flexibility index (Phi) is 5.88. The third-order valence-electron chi connectivity index (χ3n) is 5.55. The lowest BCUT2D eigenvalue weighted by Crippen LogP contribution is -2.30. The van der Waals surface area contributed by atoms with Crippen LogP contribution in [0.5, 0.6) is 17.4 Å². The van der Waals surface area contributed by atoms with E-state index < -0.39 is 0 Å². The number of pyridine rings is 2. The van der Waals surface area contributed by atoms with E-state index in [2.05, 4.69) is 24.9 Å². The Morgan fingerprint density at radius 3 is 2.68 bits per heavy atom. The molecule has 8 heteroatoms. The molecule has 1 atom stereocenters. The van der Waals surface area contributed by atoms with Crippen molar-refractivity contribution < 1.29 is 18.9 Å². The molecule has 0 spiro atoms. The fourth-order valence-corrected chi connectivity index (χ4v) is 3.94. The number of ether oxygens (including phenoxy) is 4. The summed E-state index contributed by atoms with van der Waals surface area (Å²) in [7, 11) is 3.18. The number of methoxy groups -OCH3 is 2. The molecule has 3 heterocycles. The second-order valence-electron chi connectivity index (χ2n) is 8.20. The van der Waals surface area contributed by atoms with Crippen LogP contribution in [0.15, 0.2) is 16.9 Å². The highest BCUT2D eigenvalue weighted by Gasteiger charge is 2.38. The van der Waals surface area contributed by atoms with Gasteiger partial charge in [-0.05, 0) is 24.8 Å². The Balaban J connectivity index is 1.89. The molecule has 0 aromatic carbocycles. The van der Waals surface area contributed by atoms with Crippen LogP contribution in [0.25, 0.3) is 11.4 Å². The maximum atomic E-state index is 13.1. The number of fused-ring (bicyclic) bond motifs is 3. The zero-order valence-electron chi connectivity index (χ0n) is 18.3. The third kappa shape index (κ3) is 3.86. The van der Waals surface area contributed by atoms with Gasteiger partial charge >= 0.3 is 0 Å². The Labute approximate surface area is 181 Å². The van der Waals surface area contributed by atoms with E-state index in [-0.39, 0.29) is 29.2 Å². The van der Waals surface area contributed by atoms with Gasteiger partial charge in [0.05, 0.1) is 19.4 Å². The van der Waals surface area contributed by atoms with Crippen molar-refractivity contribution in [2.45, 2.75) is 45.3 Å². The molecule has 0 N–H and O–H groups in total. The summed E-state index contributed by atoms with van der Waals surface area (Å²) in [6, 6.07) is 5.57. The summed E-state index contributed by atoms with van der Waals surface area (Å²) in [6.07, 6.45) is 2.23. The Bertz CT molecular complexity index is 1080. The maximum Gasteiger partial charge on any atom is 0.269 e. The molecule has 1 unspecified atom stereocenters. The number of rotatable bonds is 8. The van der Waals surface area contributed by atoms with E-state index in [1.54, 1.807) is 23.8 Å². The van der Waals surface area contributed by atoms with E-state index in [9.17, 15) is 10.1 Å². The van der Waals surface area contributed by atoms with Crippen LogP contribution < -0.4 is 19.8 Å². The van der Waals surface area contributed by atoms with E-state index in [1.165, 1.54) is 7.11 Å². The second-order valence-corrected chi connectivity index (χ2v) is 8.20. The van der Waals surface area contributed by atoms with Gasteiger partial charge in [-0.2, -0.15) is 5.26 Å². The van der Waals surface area contributed by atoms with Gasteiger partial charge in [0, 0.05) is 37.8 Å². The molecule has 1 saturated carbocycles. The van der Waals surface area contributed by atoms with Crippen LogP contribution in [-0.2, 0) is 4.74 Å². The largest absolute Gasteiger partial charge is 0.488 e. The molecule has 4 rings (SSSR count). The second kappa shape index (κ2) is 8.60. The molecule has 0 radical (unpaired) electrons. The van der Waals surface area contributed by atoms with Crippen molar-refractivity contribution in [2.24, 2.45) is 5.92 Å². The highest BCUT2D eigenvalue weighted by Crippen LogP contribution is 2.49. The first-order valence-corrected chi connectivity index (χ1v) is 10.6. The van der Waals surface area contributed by atoms with E-state index in [0.29, 0.717) is 36.3 Å². The number of hydrogen-bond acceptors (Lipinski definition) is 7. The lowest BCUT2D eigenvalue weighted by molar-refractivity contribution is 0.146. The van der Waals surface area contributed by atoms with Gasteiger partial charge in [-0.25, -0.2) is 4.98 Å². The van der Waals surface area contributed by atoms with Gasteiger partial charge < -0.3 is 23.5 Å². The summed E-state index contributed by atoms with van der Waals surface area (Å²) < 4.78 is 24.5. The highest BCUT2D eigenvalue weighted by atomic mass is 16.5. The quantitative estimate of drug-likeness (QED) is 0.596. The zero-order valence-corrected chi connectivity index (χ0v) is 18.3. The van der Waals surface area contributed by atoms with Crippen molar-refractivity contribution in [3.05, 3.63) is 33.6 Å². The zero-order chi connectivity index (χ0) is 22.1. The lowest BCUT2D eigenvalue weighted by atomic mass is 9.92. The van der Waals surface area contributed by atoms with E-state index in [4.69, 9.17) is 18.9 Å². The van der Waals surface area contributed by atoms with Gasteiger partial charge in [0.25, 0.3) is 11.4 Å². The van der Waals surface area contributed by atoms with Gasteiger partial charge in [-0.15, -0.1) is 0 Å². The van der Waals surface area contributed by atoms with Gasteiger partial charge in [-0.1, -0.05) is 13.8 Å². The molecule has 0 saturated heterocycles. The first-order valence-electron chi connectivity index (χ1n) is 10.6. The fourth-order valence-electron chi connectivity index (χ4n) is 3.94. The average Bonchev–Trinajstić information content (AvgIpc) is 3.60. The van der Waals surface area contributed by atoms with E-state index >= 15 is 0 Å². The predicted molar refractivity (Wildman–Crippen MR) is 114 cm³/mol. The van der Waals surface area contributed by atoms with Crippen LogP contribution in [0.4, 0.5) is 0 Å². The van der Waals surface area contributed by atoms with E-state index in [0.717, 1.165) is 30.5 Å². The molecule has 31 heavy (non-hydrogen) atoms. The van der Waals surface area contributed by atoms with E-state index in [1.807, 2.05) is 0 Å². The molecule has 1 aliphatic carbocycles. The summed E-state index contributed by atoms with van der Waals surface area (Å²) in [6.45, 7) is 5.15. The number of hydrogen-bond donors (Lipinski definition) is 0. The maximum absolute atomic E-state index is 13.1. The molecule has 8 nitrogen and oxygen atoms in total. The molecule has 164 valence electrons. The Morgan fingerprint density at radius 2 is 2.06 bits per heavy atom. The van der Waals surface area contributed by atoms with Crippen molar-refractivity contribution >= 4 is 0 Å². The van der Waals surface area contributed by atoms with Crippen molar-refractivity contribution in [3.63, 3.8) is 0 Å². The third-order valence-corrected chi connectivity index (χ3v) is 5.55. The average molecular weight is 425 g/mol. The smallest absolute Gasteiger partial charge is 0.269 e. The van der Waals surface area contributed by atoms with Crippen molar-refractivity contribution in [1.29, 1.82) is 5.26 Å². The molecule has 2 aromatic heterocycles. The predicted octanol–water partition coefficient (Wildman–Crippen LogP) is 3.63. The molecule has 2 aromatic rings. The fraction of sp³-hybridized carbons (Fsp3) is 0.522. The summed E-state index contributed by atoms with van der Waals surface area (Å²) in [4.78, 5) is 17.8. The minimum absolute atomic E-state index is 0.0751. The summed E-state index contributed by atoms with van der Waals surface area (Å²) in [5, 5.41) is 9.54. The van der Waals surface area contributed by atoms with Crippen molar-refractivity contribution in [1.82, 2.24) is 9.55 Å². The van der Waals surface area contributed by atoms with Crippen LogP contribution in [-0.4, -0.2) is 37.0 Å². The van der Waals surface area contributed by atoms with Gasteiger partial charge in [0.15, 0.2) is 11.5 Å². The highest BCUT2D eigenvalue weighted by molar-refractivity contribution is 5.72.